The molecule has 2 aliphatic rings. The molecule has 1 N–H and O–H groups in total. The zero-order valence-electron chi connectivity index (χ0n) is 14.5. The molecule has 7 heteroatoms. The second-order valence-corrected chi connectivity index (χ2v) is 7.26. The lowest BCUT2D eigenvalue weighted by molar-refractivity contribution is 0.533. The first-order valence-corrected chi connectivity index (χ1v) is 8.76. The third-order valence-corrected chi connectivity index (χ3v) is 5.43. The minimum atomic E-state index is 0.649. The molecule has 25 heavy (non-hydrogen) atoms. The Kier molecular flexibility index (Phi) is 3.16. The third-order valence-electron chi connectivity index (χ3n) is 5.43. The number of H-pyrrole nitrogens is 1. The molecule has 2 aliphatic heterocycles. The van der Waals surface area contributed by atoms with Crippen LogP contribution in [0.3, 0.4) is 0 Å². The van der Waals surface area contributed by atoms with Crippen LogP contribution in [0.25, 0.3) is 11.0 Å². The number of hydrogen-bond acceptors (Lipinski definition) is 6. The number of hydrogen-bond donors (Lipinski definition) is 1. The van der Waals surface area contributed by atoms with Crippen molar-refractivity contribution in [3.8, 4) is 0 Å². The van der Waals surface area contributed by atoms with Crippen molar-refractivity contribution in [2.75, 3.05) is 36.0 Å². The van der Waals surface area contributed by atoms with Crippen LogP contribution >= 0.6 is 0 Å². The molecule has 128 valence electrons. The summed E-state index contributed by atoms with van der Waals surface area (Å²) in [4.78, 5) is 25.8. The second-order valence-electron chi connectivity index (χ2n) is 7.26. The summed E-state index contributed by atoms with van der Waals surface area (Å²) in [5, 5.41) is 0. The standard InChI is InChI=1S/C18H21N7/c1-11-4-16(21-9-19-11)24-5-13-7-25(8-14(13)6-24)18-17-15(20-10-22-18)3-12(2)23-17/h3-4,9-10,13-14,23H,5-8H2,1-2H3. The van der Waals surface area contributed by atoms with Crippen LogP contribution in [0, 0.1) is 25.7 Å². The first-order valence-electron chi connectivity index (χ1n) is 8.76. The number of aromatic amines is 1. The Bertz CT molecular complexity index is 920. The van der Waals surface area contributed by atoms with Crippen molar-refractivity contribution in [3.63, 3.8) is 0 Å². The molecule has 2 unspecified atom stereocenters. The minimum absolute atomic E-state index is 0.649. The molecule has 7 nitrogen and oxygen atoms in total. The maximum Gasteiger partial charge on any atom is 0.156 e. The van der Waals surface area contributed by atoms with Gasteiger partial charge in [-0.2, -0.15) is 0 Å². The van der Waals surface area contributed by atoms with Crippen LogP contribution < -0.4 is 9.80 Å². The maximum atomic E-state index is 4.57. The molecule has 5 heterocycles. The van der Waals surface area contributed by atoms with E-state index in [4.69, 9.17) is 0 Å². The molecular formula is C18H21N7. The summed E-state index contributed by atoms with van der Waals surface area (Å²) in [5.41, 5.74) is 4.21. The lowest BCUT2D eigenvalue weighted by atomic mass is 10.0. The van der Waals surface area contributed by atoms with E-state index >= 15 is 0 Å². The minimum Gasteiger partial charge on any atom is -0.356 e. The molecule has 0 bridgehead atoms. The average Bonchev–Trinajstić information content (AvgIpc) is 3.25. The molecule has 2 atom stereocenters. The molecule has 2 saturated heterocycles. The van der Waals surface area contributed by atoms with Gasteiger partial charge in [-0.3, -0.25) is 0 Å². The van der Waals surface area contributed by atoms with E-state index in [1.807, 2.05) is 6.92 Å². The van der Waals surface area contributed by atoms with Gasteiger partial charge in [0, 0.05) is 55.5 Å². The van der Waals surface area contributed by atoms with Gasteiger partial charge in [0.05, 0.1) is 5.52 Å². The molecule has 0 saturated carbocycles. The molecular weight excluding hydrogens is 314 g/mol. The highest BCUT2D eigenvalue weighted by atomic mass is 15.3. The van der Waals surface area contributed by atoms with Crippen LogP contribution in [-0.2, 0) is 0 Å². The lowest BCUT2D eigenvalue weighted by Crippen LogP contribution is -2.29. The Morgan fingerprint density at radius 2 is 1.60 bits per heavy atom. The van der Waals surface area contributed by atoms with Crippen molar-refractivity contribution in [1.82, 2.24) is 24.9 Å². The number of rotatable bonds is 2. The normalized spacial score (nSPS) is 22.8. The summed E-state index contributed by atoms with van der Waals surface area (Å²) in [6, 6.07) is 4.16. The van der Waals surface area contributed by atoms with Crippen LogP contribution in [-0.4, -0.2) is 51.1 Å². The number of aromatic nitrogens is 5. The zero-order valence-corrected chi connectivity index (χ0v) is 14.5. The van der Waals surface area contributed by atoms with Gasteiger partial charge >= 0.3 is 0 Å². The van der Waals surface area contributed by atoms with Crippen LogP contribution in [0.15, 0.2) is 24.8 Å². The van der Waals surface area contributed by atoms with Gasteiger partial charge in [-0.1, -0.05) is 0 Å². The summed E-state index contributed by atoms with van der Waals surface area (Å²) in [7, 11) is 0. The van der Waals surface area contributed by atoms with Crippen LogP contribution in [0.5, 0.6) is 0 Å². The van der Waals surface area contributed by atoms with Crippen LogP contribution in [0.4, 0.5) is 11.6 Å². The van der Waals surface area contributed by atoms with Gasteiger partial charge in [0.2, 0.25) is 0 Å². The highest BCUT2D eigenvalue weighted by Crippen LogP contribution is 2.36. The van der Waals surface area contributed by atoms with Crippen molar-refractivity contribution in [2.45, 2.75) is 13.8 Å². The van der Waals surface area contributed by atoms with E-state index in [2.05, 4.69) is 53.8 Å². The zero-order chi connectivity index (χ0) is 17.0. The second kappa shape index (κ2) is 5.40. The van der Waals surface area contributed by atoms with Crippen molar-refractivity contribution < 1.29 is 0 Å². The molecule has 5 rings (SSSR count). The Morgan fingerprint density at radius 1 is 0.880 bits per heavy atom. The van der Waals surface area contributed by atoms with E-state index in [1.54, 1.807) is 12.7 Å². The van der Waals surface area contributed by atoms with E-state index < -0.39 is 0 Å². The number of fused-ring (bicyclic) bond motifs is 2. The van der Waals surface area contributed by atoms with Gasteiger partial charge in [0.1, 0.15) is 24.0 Å². The Morgan fingerprint density at radius 3 is 2.36 bits per heavy atom. The molecule has 0 amide bonds. The lowest BCUT2D eigenvalue weighted by Gasteiger charge is -2.23. The summed E-state index contributed by atoms with van der Waals surface area (Å²) in [5.74, 6) is 3.39. The predicted octanol–water partition coefficient (Wildman–Crippen LogP) is 1.94. The fraction of sp³-hybridized carbons (Fsp3) is 0.444. The smallest absolute Gasteiger partial charge is 0.156 e. The summed E-state index contributed by atoms with van der Waals surface area (Å²) >= 11 is 0. The molecule has 0 aliphatic carbocycles. The summed E-state index contributed by atoms with van der Waals surface area (Å²) < 4.78 is 0. The Hall–Kier alpha value is -2.70. The van der Waals surface area contributed by atoms with Crippen LogP contribution in [0.2, 0.25) is 0 Å². The fourth-order valence-corrected chi connectivity index (χ4v) is 4.26. The van der Waals surface area contributed by atoms with Crippen molar-refractivity contribution >= 4 is 22.7 Å². The number of anilines is 2. The van der Waals surface area contributed by atoms with Gasteiger partial charge in [-0.15, -0.1) is 0 Å². The highest BCUT2D eigenvalue weighted by molar-refractivity contribution is 5.86. The average molecular weight is 335 g/mol. The first kappa shape index (κ1) is 14.6. The Labute approximate surface area is 146 Å². The molecule has 0 spiro atoms. The third kappa shape index (κ3) is 2.42. The first-order chi connectivity index (χ1) is 12.2. The fourth-order valence-electron chi connectivity index (χ4n) is 4.26. The van der Waals surface area contributed by atoms with Gasteiger partial charge < -0.3 is 14.8 Å². The van der Waals surface area contributed by atoms with Crippen molar-refractivity contribution in [1.29, 1.82) is 0 Å². The summed E-state index contributed by atoms with van der Waals surface area (Å²) in [6.45, 7) is 8.25. The number of aryl methyl sites for hydroxylation is 2. The molecule has 2 fully saturated rings. The molecule has 3 aromatic heterocycles. The quantitative estimate of drug-likeness (QED) is 0.771. The molecule has 0 aromatic carbocycles. The van der Waals surface area contributed by atoms with E-state index in [0.29, 0.717) is 11.8 Å². The monoisotopic (exact) mass is 335 g/mol. The van der Waals surface area contributed by atoms with E-state index in [1.165, 1.54) is 0 Å². The van der Waals surface area contributed by atoms with Gasteiger partial charge in [0.25, 0.3) is 0 Å². The number of nitrogens with zero attached hydrogens (tertiary/aromatic N) is 6. The predicted molar refractivity (Wildman–Crippen MR) is 96.8 cm³/mol. The van der Waals surface area contributed by atoms with Crippen LogP contribution in [0.1, 0.15) is 11.4 Å². The Balaban J connectivity index is 1.37. The van der Waals surface area contributed by atoms with E-state index in [0.717, 1.165) is 60.2 Å². The molecule has 0 radical (unpaired) electrons. The molecule has 3 aromatic rings. The number of nitrogens with one attached hydrogen (secondary N) is 1. The van der Waals surface area contributed by atoms with Gasteiger partial charge in [-0.05, 0) is 19.9 Å². The van der Waals surface area contributed by atoms with Gasteiger partial charge in [0.15, 0.2) is 5.82 Å². The highest BCUT2D eigenvalue weighted by Gasteiger charge is 2.41. The SMILES string of the molecule is Cc1cc(N2CC3CN(c4ncnc5cc(C)[nH]c45)CC3C2)ncn1. The van der Waals surface area contributed by atoms with Crippen molar-refractivity contribution in [2.24, 2.45) is 11.8 Å². The maximum absolute atomic E-state index is 4.57. The largest absolute Gasteiger partial charge is 0.356 e. The van der Waals surface area contributed by atoms with Crippen molar-refractivity contribution in [3.05, 3.63) is 36.2 Å². The van der Waals surface area contributed by atoms with Gasteiger partial charge in [-0.25, -0.2) is 19.9 Å². The van der Waals surface area contributed by atoms with E-state index in [9.17, 15) is 0 Å². The van der Waals surface area contributed by atoms with E-state index in [-0.39, 0.29) is 0 Å². The summed E-state index contributed by atoms with van der Waals surface area (Å²) in [6.07, 6.45) is 3.34. The topological polar surface area (TPSA) is 73.8 Å².